The Hall–Kier alpha value is -2.25. The van der Waals surface area contributed by atoms with Crippen LogP contribution < -0.4 is 9.93 Å². The van der Waals surface area contributed by atoms with Crippen molar-refractivity contribution < 1.29 is 13.0 Å². The molecule has 5 nitrogen and oxygen atoms in total. The van der Waals surface area contributed by atoms with Gasteiger partial charge in [0.1, 0.15) is 22.2 Å². The molecular formula is C20H20ClFN2O3S. The number of hydrogen-bond acceptors (Lipinski definition) is 4. The van der Waals surface area contributed by atoms with Gasteiger partial charge in [-0.05, 0) is 49.1 Å². The van der Waals surface area contributed by atoms with Crippen LogP contribution in [-0.2, 0) is 17.4 Å². The van der Waals surface area contributed by atoms with E-state index in [1.807, 2.05) is 13.8 Å². The number of hydrogen-bond donors (Lipinski definition) is 0. The molecule has 0 saturated carbocycles. The molecule has 2 aromatic heterocycles. The molecule has 1 aliphatic rings. The van der Waals surface area contributed by atoms with Gasteiger partial charge in [-0.3, -0.25) is 4.31 Å². The van der Waals surface area contributed by atoms with Crippen LogP contribution in [0.2, 0.25) is 5.15 Å². The molecule has 0 saturated heterocycles. The molecule has 0 bridgehead atoms. The molecule has 1 aromatic carbocycles. The third-order valence-corrected chi connectivity index (χ3v) is 6.27. The summed E-state index contributed by atoms with van der Waals surface area (Å²) < 4.78 is 34.2. The number of aryl methyl sites for hydroxylation is 2. The number of benzene rings is 1. The van der Waals surface area contributed by atoms with Crippen molar-refractivity contribution in [2.24, 2.45) is 0 Å². The Kier molecular flexibility index (Phi) is 5.86. The maximum Gasteiger partial charge on any atom is 0.361 e. The average Bonchev–Trinajstić information content (AvgIpc) is 2.67. The van der Waals surface area contributed by atoms with Crippen LogP contribution in [-0.4, -0.2) is 15.7 Å². The molecule has 1 unspecified atom stereocenters. The highest BCUT2D eigenvalue weighted by atomic mass is 35.5. The summed E-state index contributed by atoms with van der Waals surface area (Å²) >= 11 is 5.90. The lowest BCUT2D eigenvalue weighted by atomic mass is 10.1. The van der Waals surface area contributed by atoms with Crippen molar-refractivity contribution in [1.82, 2.24) is 4.98 Å². The Morgan fingerprint density at radius 3 is 2.71 bits per heavy atom. The second-order valence-electron chi connectivity index (χ2n) is 6.15. The number of rotatable bonds is 1. The van der Waals surface area contributed by atoms with Gasteiger partial charge in [0.15, 0.2) is 11.0 Å². The number of fused-ring (bicyclic) bond motifs is 2. The molecule has 4 rings (SSSR count). The van der Waals surface area contributed by atoms with Gasteiger partial charge in [0.05, 0.1) is 10.3 Å². The molecule has 3 heterocycles. The normalized spacial score (nSPS) is 15.8. The van der Waals surface area contributed by atoms with Gasteiger partial charge in [0, 0.05) is 12.7 Å². The van der Waals surface area contributed by atoms with Crippen molar-refractivity contribution in [1.29, 1.82) is 0 Å². The first-order valence-electron chi connectivity index (χ1n) is 8.95. The zero-order valence-corrected chi connectivity index (χ0v) is 17.6. The number of nitrogens with zero attached hydrogens (tertiary/aromatic N) is 2. The first-order valence-corrected chi connectivity index (χ1v) is 10.4. The molecule has 1 atom stereocenters. The number of anilines is 1. The SMILES string of the molecule is CC.Cc1ccc(F)c2c(C)c(N3CCc4cc(Cl)ncc4S3=O)c(=O)oc12. The molecule has 0 amide bonds. The Labute approximate surface area is 169 Å². The minimum absolute atomic E-state index is 0.112. The van der Waals surface area contributed by atoms with E-state index in [4.69, 9.17) is 16.0 Å². The second-order valence-corrected chi connectivity index (χ2v) is 7.91. The average molecular weight is 423 g/mol. The number of halogens is 2. The van der Waals surface area contributed by atoms with Crippen LogP contribution in [0, 0.1) is 19.7 Å². The van der Waals surface area contributed by atoms with E-state index in [0.29, 0.717) is 34.1 Å². The van der Waals surface area contributed by atoms with Gasteiger partial charge in [0.2, 0.25) is 0 Å². The van der Waals surface area contributed by atoms with Crippen LogP contribution in [0.3, 0.4) is 0 Å². The monoisotopic (exact) mass is 422 g/mol. The molecule has 28 heavy (non-hydrogen) atoms. The molecule has 8 heteroatoms. The lowest BCUT2D eigenvalue weighted by Crippen LogP contribution is -2.36. The summed E-state index contributed by atoms with van der Waals surface area (Å²) in [5.74, 6) is -0.482. The van der Waals surface area contributed by atoms with E-state index in [-0.39, 0.29) is 16.7 Å². The second kappa shape index (κ2) is 8.01. The standard InChI is InChI=1S/C18H14ClFN2O3S.C2H6/c1-9-3-4-12(20)15-10(2)16(18(23)25-17(9)15)22-6-5-11-7-14(19)21-8-13(11)26(22)24;1-2/h3-4,7-8H,5-6H2,1-2H3;1-2H3. The Balaban J connectivity index is 0.00000109. The third-order valence-electron chi connectivity index (χ3n) is 4.56. The van der Waals surface area contributed by atoms with Gasteiger partial charge in [-0.25, -0.2) is 18.4 Å². The predicted molar refractivity (Wildman–Crippen MR) is 110 cm³/mol. The van der Waals surface area contributed by atoms with Gasteiger partial charge in [-0.2, -0.15) is 0 Å². The first kappa shape index (κ1) is 20.5. The lowest BCUT2D eigenvalue weighted by Gasteiger charge is -2.29. The molecule has 1 aliphatic heterocycles. The summed E-state index contributed by atoms with van der Waals surface area (Å²) in [4.78, 5) is 17.1. The summed E-state index contributed by atoms with van der Waals surface area (Å²) in [6, 6.07) is 4.57. The van der Waals surface area contributed by atoms with E-state index < -0.39 is 22.4 Å². The summed E-state index contributed by atoms with van der Waals surface area (Å²) in [5.41, 5.74) is 1.59. The minimum atomic E-state index is -1.66. The van der Waals surface area contributed by atoms with Crippen molar-refractivity contribution in [2.75, 3.05) is 10.8 Å². The fourth-order valence-corrected chi connectivity index (χ4v) is 4.85. The van der Waals surface area contributed by atoms with Crippen LogP contribution in [0.4, 0.5) is 10.1 Å². The van der Waals surface area contributed by atoms with Crippen LogP contribution >= 0.6 is 11.6 Å². The summed E-state index contributed by atoms with van der Waals surface area (Å²) in [7, 11) is -1.66. The highest BCUT2D eigenvalue weighted by Gasteiger charge is 2.30. The van der Waals surface area contributed by atoms with Gasteiger partial charge in [-0.1, -0.05) is 31.5 Å². The Morgan fingerprint density at radius 2 is 2.00 bits per heavy atom. The topological polar surface area (TPSA) is 63.4 Å². The smallest absolute Gasteiger partial charge is 0.361 e. The fourth-order valence-electron chi connectivity index (χ4n) is 3.27. The number of aromatic nitrogens is 1. The molecule has 0 spiro atoms. The van der Waals surface area contributed by atoms with E-state index in [1.54, 1.807) is 26.0 Å². The largest absolute Gasteiger partial charge is 0.421 e. The van der Waals surface area contributed by atoms with Crippen molar-refractivity contribution in [3.8, 4) is 0 Å². The molecule has 0 N–H and O–H groups in total. The predicted octanol–water partition coefficient (Wildman–Crippen LogP) is 4.71. The highest BCUT2D eigenvalue weighted by molar-refractivity contribution is 7.86. The molecule has 0 radical (unpaired) electrons. The highest BCUT2D eigenvalue weighted by Crippen LogP contribution is 2.33. The Bertz CT molecular complexity index is 1150. The third kappa shape index (κ3) is 3.33. The molecule has 0 aliphatic carbocycles. The summed E-state index contributed by atoms with van der Waals surface area (Å²) in [6.45, 7) is 7.71. The van der Waals surface area contributed by atoms with E-state index in [9.17, 15) is 13.4 Å². The van der Waals surface area contributed by atoms with Gasteiger partial charge in [0.25, 0.3) is 0 Å². The van der Waals surface area contributed by atoms with E-state index in [0.717, 1.165) is 5.56 Å². The molecular weight excluding hydrogens is 403 g/mol. The zero-order chi connectivity index (χ0) is 20.6. The van der Waals surface area contributed by atoms with Gasteiger partial charge in [-0.15, -0.1) is 0 Å². The van der Waals surface area contributed by atoms with Gasteiger partial charge < -0.3 is 4.42 Å². The molecule has 0 fully saturated rings. The van der Waals surface area contributed by atoms with Crippen LogP contribution in [0.5, 0.6) is 0 Å². The van der Waals surface area contributed by atoms with Crippen molar-refractivity contribution in [3.05, 3.63) is 62.5 Å². The first-order chi connectivity index (χ1) is 13.4. The van der Waals surface area contributed by atoms with Crippen molar-refractivity contribution in [2.45, 2.75) is 39.0 Å². The van der Waals surface area contributed by atoms with Crippen LogP contribution in [0.25, 0.3) is 11.0 Å². The van der Waals surface area contributed by atoms with Crippen LogP contribution in [0.15, 0.2) is 38.5 Å². The lowest BCUT2D eigenvalue weighted by molar-refractivity contribution is 0.551. The number of pyridine rings is 1. The molecule has 3 aromatic rings. The maximum absolute atomic E-state index is 14.4. The van der Waals surface area contributed by atoms with Gasteiger partial charge >= 0.3 is 5.63 Å². The Morgan fingerprint density at radius 1 is 1.29 bits per heavy atom. The maximum atomic E-state index is 14.4. The van der Waals surface area contributed by atoms with E-state index in [2.05, 4.69) is 4.98 Å². The summed E-state index contributed by atoms with van der Waals surface area (Å²) in [6.07, 6.45) is 1.99. The summed E-state index contributed by atoms with van der Waals surface area (Å²) in [5, 5.41) is 0.560. The van der Waals surface area contributed by atoms with Crippen molar-refractivity contribution in [3.63, 3.8) is 0 Å². The van der Waals surface area contributed by atoms with Crippen LogP contribution in [0.1, 0.15) is 30.5 Å². The van der Waals surface area contributed by atoms with E-state index >= 15 is 0 Å². The van der Waals surface area contributed by atoms with Crippen molar-refractivity contribution >= 4 is 39.2 Å². The zero-order valence-electron chi connectivity index (χ0n) is 16.0. The molecule has 148 valence electrons. The van der Waals surface area contributed by atoms with E-state index in [1.165, 1.54) is 16.6 Å². The minimum Gasteiger partial charge on any atom is -0.421 e. The fraction of sp³-hybridized carbons (Fsp3) is 0.300. The quantitative estimate of drug-likeness (QED) is 0.421.